The number of benzene rings is 1. The van der Waals surface area contributed by atoms with E-state index in [-0.39, 0.29) is 12.0 Å². The van der Waals surface area contributed by atoms with Crippen LogP contribution < -0.4 is 10.5 Å². The largest absolute Gasteiger partial charge is 0.489 e. The summed E-state index contributed by atoms with van der Waals surface area (Å²) in [6, 6.07) is 3.95. The Morgan fingerprint density at radius 2 is 2.11 bits per heavy atom. The smallest absolute Gasteiger partial charge is 0.219 e. The molecule has 4 heteroatoms. The van der Waals surface area contributed by atoms with Gasteiger partial charge in [-0.05, 0) is 43.5 Å². The van der Waals surface area contributed by atoms with Gasteiger partial charge in [0.25, 0.3) is 0 Å². The van der Waals surface area contributed by atoms with Crippen molar-refractivity contribution in [3.63, 3.8) is 0 Å². The molecule has 1 heterocycles. The van der Waals surface area contributed by atoms with Crippen molar-refractivity contribution < 1.29 is 9.53 Å². The normalized spacial score (nSPS) is 14.6. The molecule has 0 fully saturated rings. The average molecular weight is 248 g/mol. The minimum atomic E-state index is 0.113. The van der Waals surface area contributed by atoms with Crippen LogP contribution in [0.15, 0.2) is 12.1 Å². The number of fused-ring (bicyclic) bond motifs is 1. The molecule has 1 aliphatic heterocycles. The van der Waals surface area contributed by atoms with Crippen molar-refractivity contribution in [1.82, 2.24) is 4.90 Å². The number of ether oxygens (including phenoxy) is 1. The number of nitrogen functional groups attached to an aromatic ring is 1. The van der Waals surface area contributed by atoms with Crippen LogP contribution in [-0.2, 0) is 17.8 Å². The van der Waals surface area contributed by atoms with Crippen LogP contribution in [0.25, 0.3) is 0 Å². The highest BCUT2D eigenvalue weighted by atomic mass is 16.5. The van der Waals surface area contributed by atoms with Gasteiger partial charge in [0.15, 0.2) is 0 Å². The van der Waals surface area contributed by atoms with E-state index in [1.54, 1.807) is 6.92 Å². The maximum Gasteiger partial charge on any atom is 0.219 e. The number of hydrogen-bond acceptors (Lipinski definition) is 3. The van der Waals surface area contributed by atoms with Crippen molar-refractivity contribution >= 4 is 11.6 Å². The number of anilines is 1. The summed E-state index contributed by atoms with van der Waals surface area (Å²) in [4.78, 5) is 13.2. The molecule has 0 saturated heterocycles. The van der Waals surface area contributed by atoms with E-state index in [1.165, 1.54) is 5.56 Å². The molecule has 0 atom stereocenters. The van der Waals surface area contributed by atoms with E-state index in [0.717, 1.165) is 24.3 Å². The van der Waals surface area contributed by atoms with Crippen LogP contribution >= 0.6 is 0 Å². The van der Waals surface area contributed by atoms with Crippen molar-refractivity contribution in [1.29, 1.82) is 0 Å². The van der Waals surface area contributed by atoms with E-state index in [1.807, 2.05) is 30.9 Å². The second-order valence-corrected chi connectivity index (χ2v) is 5.02. The van der Waals surface area contributed by atoms with E-state index in [2.05, 4.69) is 0 Å². The van der Waals surface area contributed by atoms with E-state index < -0.39 is 0 Å². The Labute approximate surface area is 108 Å². The minimum Gasteiger partial charge on any atom is -0.489 e. The third kappa shape index (κ3) is 2.58. The Morgan fingerprint density at radius 1 is 1.39 bits per heavy atom. The highest BCUT2D eigenvalue weighted by molar-refractivity contribution is 5.74. The monoisotopic (exact) mass is 248 g/mol. The summed E-state index contributed by atoms with van der Waals surface area (Å²) in [6.45, 7) is 6.99. The molecule has 2 rings (SSSR count). The SMILES string of the molecule is CC(=O)N1CCc2cc(OC(C)C)c(N)cc2C1. The van der Waals surface area contributed by atoms with Gasteiger partial charge in [-0.15, -0.1) is 0 Å². The summed E-state index contributed by atoms with van der Waals surface area (Å²) in [5, 5.41) is 0. The molecule has 0 bridgehead atoms. The second kappa shape index (κ2) is 4.88. The molecule has 18 heavy (non-hydrogen) atoms. The summed E-state index contributed by atoms with van der Waals surface area (Å²) < 4.78 is 5.68. The molecule has 98 valence electrons. The minimum absolute atomic E-state index is 0.113. The number of nitrogens with two attached hydrogens (primary N) is 1. The van der Waals surface area contributed by atoms with Gasteiger partial charge in [-0.1, -0.05) is 0 Å². The topological polar surface area (TPSA) is 55.6 Å². The van der Waals surface area contributed by atoms with Crippen molar-refractivity contribution in [3.8, 4) is 5.75 Å². The van der Waals surface area contributed by atoms with Gasteiger partial charge in [0.2, 0.25) is 5.91 Å². The standard InChI is InChI=1S/C14H20N2O2/c1-9(2)18-14-7-11-4-5-16(10(3)17)8-12(11)6-13(14)15/h6-7,9H,4-5,8,15H2,1-3H3. The van der Waals surface area contributed by atoms with Crippen molar-refractivity contribution in [2.24, 2.45) is 0 Å². The molecular weight excluding hydrogens is 228 g/mol. The van der Waals surface area contributed by atoms with Crippen molar-refractivity contribution in [3.05, 3.63) is 23.3 Å². The molecule has 1 aromatic rings. The van der Waals surface area contributed by atoms with Crippen LogP contribution in [0.4, 0.5) is 5.69 Å². The average Bonchev–Trinajstić information content (AvgIpc) is 2.28. The zero-order valence-corrected chi connectivity index (χ0v) is 11.2. The first-order valence-corrected chi connectivity index (χ1v) is 6.31. The number of amides is 1. The van der Waals surface area contributed by atoms with Gasteiger partial charge in [0.05, 0.1) is 11.8 Å². The highest BCUT2D eigenvalue weighted by Gasteiger charge is 2.20. The van der Waals surface area contributed by atoms with Gasteiger partial charge in [0, 0.05) is 20.0 Å². The molecule has 1 amide bonds. The molecule has 0 spiro atoms. The fourth-order valence-corrected chi connectivity index (χ4v) is 2.23. The van der Waals surface area contributed by atoms with E-state index in [9.17, 15) is 4.79 Å². The third-order valence-corrected chi connectivity index (χ3v) is 3.15. The molecule has 0 aromatic heterocycles. The number of nitrogens with zero attached hydrogens (tertiary/aromatic N) is 1. The molecule has 1 aliphatic rings. The zero-order chi connectivity index (χ0) is 13.3. The molecule has 4 nitrogen and oxygen atoms in total. The van der Waals surface area contributed by atoms with Crippen LogP contribution in [0.2, 0.25) is 0 Å². The van der Waals surface area contributed by atoms with Gasteiger partial charge in [-0.2, -0.15) is 0 Å². The Hall–Kier alpha value is -1.71. The predicted molar refractivity (Wildman–Crippen MR) is 71.4 cm³/mol. The van der Waals surface area contributed by atoms with Crippen molar-refractivity contribution in [2.75, 3.05) is 12.3 Å². The zero-order valence-electron chi connectivity index (χ0n) is 11.2. The predicted octanol–water partition coefficient (Wildman–Crippen LogP) is 1.96. The maximum absolute atomic E-state index is 11.4. The summed E-state index contributed by atoms with van der Waals surface area (Å²) in [5.41, 5.74) is 9.00. The van der Waals surface area contributed by atoms with E-state index >= 15 is 0 Å². The van der Waals surface area contributed by atoms with E-state index in [0.29, 0.717) is 12.2 Å². The Morgan fingerprint density at radius 3 is 2.72 bits per heavy atom. The Kier molecular flexibility index (Phi) is 3.45. The number of carbonyl (C=O) groups is 1. The molecule has 0 aliphatic carbocycles. The Bertz CT molecular complexity index is 469. The first-order valence-electron chi connectivity index (χ1n) is 6.31. The van der Waals surface area contributed by atoms with Gasteiger partial charge in [-0.25, -0.2) is 0 Å². The fourth-order valence-electron chi connectivity index (χ4n) is 2.23. The van der Waals surface area contributed by atoms with Crippen molar-refractivity contribution in [2.45, 2.75) is 39.8 Å². The molecule has 0 radical (unpaired) electrons. The molecule has 2 N–H and O–H groups in total. The number of rotatable bonds is 2. The second-order valence-electron chi connectivity index (χ2n) is 5.02. The quantitative estimate of drug-likeness (QED) is 0.814. The first-order chi connectivity index (χ1) is 8.47. The van der Waals surface area contributed by atoms with Crippen LogP contribution in [0.5, 0.6) is 5.75 Å². The summed E-state index contributed by atoms with van der Waals surface area (Å²) in [6.07, 6.45) is 0.978. The lowest BCUT2D eigenvalue weighted by Crippen LogP contribution is -2.34. The maximum atomic E-state index is 11.4. The van der Waals surface area contributed by atoms with Crippen LogP contribution in [0.3, 0.4) is 0 Å². The lowest BCUT2D eigenvalue weighted by Gasteiger charge is -2.28. The third-order valence-electron chi connectivity index (χ3n) is 3.15. The molecule has 0 unspecified atom stereocenters. The lowest BCUT2D eigenvalue weighted by atomic mass is 9.98. The number of carbonyl (C=O) groups excluding carboxylic acids is 1. The summed E-state index contributed by atoms with van der Waals surface area (Å²) in [5.74, 6) is 0.863. The van der Waals surface area contributed by atoms with Crippen LogP contribution in [-0.4, -0.2) is 23.5 Å². The van der Waals surface area contributed by atoms with E-state index in [4.69, 9.17) is 10.5 Å². The van der Waals surface area contributed by atoms with Crippen LogP contribution in [0, 0.1) is 0 Å². The molecular formula is C14H20N2O2. The van der Waals surface area contributed by atoms with Crippen LogP contribution in [0.1, 0.15) is 31.9 Å². The molecule has 0 saturated carbocycles. The summed E-state index contributed by atoms with van der Waals surface area (Å²) in [7, 11) is 0. The number of hydrogen-bond donors (Lipinski definition) is 1. The molecule has 1 aromatic carbocycles. The van der Waals surface area contributed by atoms with Gasteiger partial charge >= 0.3 is 0 Å². The highest BCUT2D eigenvalue weighted by Crippen LogP contribution is 2.30. The lowest BCUT2D eigenvalue weighted by molar-refractivity contribution is -0.129. The fraction of sp³-hybridized carbons (Fsp3) is 0.500. The summed E-state index contributed by atoms with van der Waals surface area (Å²) >= 11 is 0. The van der Waals surface area contributed by atoms with Gasteiger partial charge in [-0.3, -0.25) is 4.79 Å². The van der Waals surface area contributed by atoms with Gasteiger partial charge < -0.3 is 15.4 Å². The van der Waals surface area contributed by atoms with Gasteiger partial charge in [0.1, 0.15) is 5.75 Å². The first kappa shape index (κ1) is 12.7. The Balaban J connectivity index is 2.27.